The predicted molar refractivity (Wildman–Crippen MR) is 174 cm³/mol. The molecule has 0 spiro atoms. The van der Waals surface area contributed by atoms with E-state index in [1.807, 2.05) is 42.7 Å². The second-order valence-corrected chi connectivity index (χ2v) is 15.3. The van der Waals surface area contributed by atoms with Gasteiger partial charge in [0.2, 0.25) is 0 Å². The Morgan fingerprint density at radius 2 is 1.65 bits per heavy atom. The predicted octanol–water partition coefficient (Wildman–Crippen LogP) is 8.33. The molecule has 5 rings (SSSR count). The molecule has 1 aromatic carbocycles. The van der Waals surface area contributed by atoms with E-state index in [1.54, 1.807) is 6.07 Å². The van der Waals surface area contributed by atoms with Gasteiger partial charge in [-0.05, 0) is 90.9 Å². The number of carboxylic acids is 1. The molecule has 2 aliphatic rings. The summed E-state index contributed by atoms with van der Waals surface area (Å²) >= 11 is 1.40. The van der Waals surface area contributed by atoms with Gasteiger partial charge in [0.05, 0.1) is 4.88 Å². The minimum atomic E-state index is -1.06. The van der Waals surface area contributed by atoms with Crippen LogP contribution in [0, 0.1) is 17.3 Å². The van der Waals surface area contributed by atoms with E-state index in [4.69, 9.17) is 0 Å². The van der Waals surface area contributed by atoms with Crippen molar-refractivity contribution in [1.82, 2.24) is 15.3 Å². The number of amides is 1. The van der Waals surface area contributed by atoms with Gasteiger partial charge in [0.1, 0.15) is 6.04 Å². The third-order valence-electron chi connectivity index (χ3n) is 9.35. The maximum atomic E-state index is 12.8. The molecule has 1 amide bonds. The van der Waals surface area contributed by atoms with Gasteiger partial charge in [-0.3, -0.25) is 4.79 Å². The Hall–Kier alpha value is -3.32. The summed E-state index contributed by atoms with van der Waals surface area (Å²) < 4.78 is 0. The molecule has 7 heteroatoms. The Kier molecular flexibility index (Phi) is 9.21. The van der Waals surface area contributed by atoms with Crippen molar-refractivity contribution < 1.29 is 14.7 Å². The summed E-state index contributed by atoms with van der Waals surface area (Å²) in [5.74, 6) is 0.904. The normalized spacial score (nSPS) is 19.8. The molecule has 6 nitrogen and oxygen atoms in total. The molecule has 0 radical (unpaired) electrons. The van der Waals surface area contributed by atoms with E-state index < -0.39 is 12.0 Å². The van der Waals surface area contributed by atoms with Gasteiger partial charge in [-0.1, -0.05) is 65.0 Å². The van der Waals surface area contributed by atoms with Crippen LogP contribution in [0.3, 0.4) is 0 Å². The van der Waals surface area contributed by atoms with E-state index in [0.717, 1.165) is 46.2 Å². The van der Waals surface area contributed by atoms with E-state index in [-0.39, 0.29) is 17.7 Å². The molecule has 1 saturated carbocycles. The molecule has 0 bridgehead atoms. The van der Waals surface area contributed by atoms with Gasteiger partial charge < -0.3 is 10.4 Å². The van der Waals surface area contributed by atoms with Crippen molar-refractivity contribution in [3.8, 4) is 11.4 Å². The van der Waals surface area contributed by atoms with E-state index in [0.29, 0.717) is 16.1 Å². The van der Waals surface area contributed by atoms with Crippen LogP contribution in [0.1, 0.15) is 105 Å². The lowest BCUT2D eigenvalue weighted by atomic mass is 9.67. The van der Waals surface area contributed by atoms with Crippen molar-refractivity contribution in [2.24, 2.45) is 17.3 Å². The van der Waals surface area contributed by atoms with Gasteiger partial charge in [-0.25, -0.2) is 14.8 Å². The molecule has 43 heavy (non-hydrogen) atoms. The van der Waals surface area contributed by atoms with E-state index in [2.05, 4.69) is 56.0 Å². The van der Waals surface area contributed by atoms with Crippen LogP contribution in [0.2, 0.25) is 0 Å². The lowest BCUT2D eigenvalue weighted by Gasteiger charge is -2.39. The van der Waals surface area contributed by atoms with E-state index >= 15 is 0 Å². The summed E-state index contributed by atoms with van der Waals surface area (Å²) in [7, 11) is 0. The summed E-state index contributed by atoms with van der Waals surface area (Å²) in [5, 5.41) is 12.5. The molecular weight excluding hydrogens is 554 g/mol. The smallest absolute Gasteiger partial charge is 0.326 e. The lowest BCUT2D eigenvalue weighted by Crippen LogP contribution is -2.42. The minimum absolute atomic E-state index is 0.0653. The first-order chi connectivity index (χ1) is 20.4. The first-order valence-corrected chi connectivity index (χ1v) is 16.4. The zero-order chi connectivity index (χ0) is 30.8. The highest BCUT2D eigenvalue weighted by atomic mass is 32.1. The van der Waals surface area contributed by atoms with Crippen molar-refractivity contribution in [2.45, 2.75) is 97.4 Å². The fourth-order valence-electron chi connectivity index (χ4n) is 6.40. The van der Waals surface area contributed by atoms with E-state index in [1.165, 1.54) is 49.0 Å². The second kappa shape index (κ2) is 12.7. The zero-order valence-corrected chi connectivity index (χ0v) is 27.0. The van der Waals surface area contributed by atoms with Gasteiger partial charge in [-0.15, -0.1) is 11.3 Å². The number of allylic oxidation sites excluding steroid dienone is 2. The number of carbonyl (C=O) groups excluding carboxylic acids is 1. The fraction of sp³-hybridized carbons (Fsp3) is 0.500. The standard InChI is InChI=1S/C36H45N3O3S/c1-35(2,3)31-15-14-30(43-31)33(40)39-29(34(41)42)20-23-6-8-27(9-7-23)32-37-21-28(22-38-32)25-12-10-24(11-13-25)26-16-18-36(4,5)19-17-26/h6-9,12,14-15,21-22,24,26,29H,10-11,13,16-20H2,1-5H3,(H,39,40)(H,41,42)/t24?,29-/m0/s1. The highest BCUT2D eigenvalue weighted by Crippen LogP contribution is 2.45. The number of thiophene rings is 1. The summed E-state index contributed by atoms with van der Waals surface area (Å²) in [5.41, 5.74) is 4.60. The van der Waals surface area contributed by atoms with Gasteiger partial charge in [0.15, 0.2) is 5.82 Å². The van der Waals surface area contributed by atoms with Gasteiger partial charge in [-0.2, -0.15) is 0 Å². The SMILES string of the molecule is CC1(C)CCC(C2CC=C(c3cnc(-c4ccc(C[C@H](NC(=O)c5ccc(C(C)(C)C)s5)C(=O)O)cc4)nc3)CC2)CC1. The highest BCUT2D eigenvalue weighted by Gasteiger charge is 2.32. The molecule has 1 fully saturated rings. The Balaban J connectivity index is 1.17. The first kappa shape index (κ1) is 31.1. The van der Waals surface area contributed by atoms with Crippen molar-refractivity contribution in [2.75, 3.05) is 0 Å². The van der Waals surface area contributed by atoms with E-state index in [9.17, 15) is 14.7 Å². The van der Waals surface area contributed by atoms with Crippen LogP contribution in [-0.4, -0.2) is 33.0 Å². The molecule has 2 N–H and O–H groups in total. The number of nitrogens with one attached hydrogen (secondary N) is 1. The van der Waals surface area contributed by atoms with Crippen LogP contribution in [0.15, 0.2) is 54.9 Å². The number of carboxylic acid groups (broad SMARTS) is 1. The third kappa shape index (κ3) is 7.80. The van der Waals surface area contributed by atoms with Crippen LogP contribution in [0.25, 0.3) is 17.0 Å². The van der Waals surface area contributed by atoms with Crippen molar-refractivity contribution in [1.29, 1.82) is 0 Å². The number of benzene rings is 1. The Labute approximate surface area is 260 Å². The van der Waals surface area contributed by atoms with Crippen molar-refractivity contribution in [3.63, 3.8) is 0 Å². The Morgan fingerprint density at radius 1 is 0.977 bits per heavy atom. The van der Waals surface area contributed by atoms with Gasteiger partial charge in [0, 0.05) is 34.8 Å². The molecule has 2 aliphatic carbocycles. The van der Waals surface area contributed by atoms with Crippen LogP contribution in [0.5, 0.6) is 0 Å². The molecule has 1 unspecified atom stereocenters. The monoisotopic (exact) mass is 599 g/mol. The largest absolute Gasteiger partial charge is 0.480 e. The molecule has 2 heterocycles. The molecular formula is C36H45N3O3S. The summed E-state index contributed by atoms with van der Waals surface area (Å²) in [6.07, 6.45) is 15.4. The molecule has 0 saturated heterocycles. The van der Waals surface area contributed by atoms with Crippen LogP contribution >= 0.6 is 11.3 Å². The highest BCUT2D eigenvalue weighted by molar-refractivity contribution is 7.14. The molecule has 3 aromatic rings. The summed E-state index contributed by atoms with van der Waals surface area (Å²) in [4.78, 5) is 35.7. The lowest BCUT2D eigenvalue weighted by molar-refractivity contribution is -0.139. The molecule has 2 atom stereocenters. The first-order valence-electron chi connectivity index (χ1n) is 15.6. The Morgan fingerprint density at radius 3 is 2.21 bits per heavy atom. The molecule has 228 valence electrons. The quantitative estimate of drug-likeness (QED) is 0.272. The maximum absolute atomic E-state index is 12.8. The topological polar surface area (TPSA) is 92.2 Å². The van der Waals surface area contributed by atoms with Crippen LogP contribution in [-0.2, 0) is 16.6 Å². The summed E-state index contributed by atoms with van der Waals surface area (Å²) in [6.45, 7) is 11.1. The number of carbonyl (C=O) groups is 2. The van der Waals surface area contributed by atoms with Crippen molar-refractivity contribution >= 4 is 28.8 Å². The third-order valence-corrected chi connectivity index (χ3v) is 10.9. The number of aliphatic carboxylic acids is 1. The number of hydrogen-bond donors (Lipinski definition) is 2. The zero-order valence-electron chi connectivity index (χ0n) is 26.2. The molecule has 2 aromatic heterocycles. The van der Waals surface area contributed by atoms with Gasteiger partial charge in [0.25, 0.3) is 5.91 Å². The second-order valence-electron chi connectivity index (χ2n) is 14.2. The van der Waals surface area contributed by atoms with Crippen molar-refractivity contribution in [3.05, 3.63) is 75.7 Å². The van der Waals surface area contributed by atoms with Gasteiger partial charge >= 0.3 is 5.97 Å². The average molecular weight is 600 g/mol. The maximum Gasteiger partial charge on any atom is 0.326 e. The number of aromatic nitrogens is 2. The van der Waals surface area contributed by atoms with Crippen LogP contribution < -0.4 is 5.32 Å². The summed E-state index contributed by atoms with van der Waals surface area (Å²) in [6, 6.07) is 10.3. The minimum Gasteiger partial charge on any atom is -0.480 e. The average Bonchev–Trinajstić information content (AvgIpc) is 3.49. The number of rotatable bonds is 8. The number of hydrogen-bond acceptors (Lipinski definition) is 5. The number of nitrogens with zero attached hydrogens (tertiary/aromatic N) is 2. The molecule has 0 aliphatic heterocycles. The Bertz CT molecular complexity index is 1450. The van der Waals surface area contributed by atoms with Crippen LogP contribution in [0.4, 0.5) is 0 Å². The fourth-order valence-corrected chi connectivity index (χ4v) is 7.37.